The van der Waals surface area contributed by atoms with Gasteiger partial charge in [0.05, 0.1) is 6.10 Å². The molecule has 0 heterocycles. The first-order valence-electron chi connectivity index (χ1n) is 7.08. The van der Waals surface area contributed by atoms with Crippen LogP contribution in [0.2, 0.25) is 0 Å². The molecule has 1 N–H and O–H groups in total. The minimum Gasteiger partial charge on any atom is -0.488 e. The third-order valence-electron chi connectivity index (χ3n) is 3.42. The van der Waals surface area contributed by atoms with Crippen LogP contribution in [-0.2, 0) is 0 Å². The highest BCUT2D eigenvalue weighted by atomic mass is 16.5. The van der Waals surface area contributed by atoms with Crippen molar-refractivity contribution < 1.29 is 9.84 Å². The van der Waals surface area contributed by atoms with Gasteiger partial charge in [0.25, 0.3) is 0 Å². The summed E-state index contributed by atoms with van der Waals surface area (Å²) in [5.74, 6) is 0.834. The van der Waals surface area contributed by atoms with Gasteiger partial charge in [0, 0.05) is 0 Å². The van der Waals surface area contributed by atoms with Crippen molar-refractivity contribution in [3.05, 3.63) is 42.5 Å². The first-order chi connectivity index (χ1) is 9.24. The average Bonchev–Trinajstić information content (AvgIpc) is 2.44. The summed E-state index contributed by atoms with van der Waals surface area (Å²) in [4.78, 5) is 0. The predicted molar refractivity (Wildman–Crippen MR) is 79.6 cm³/mol. The van der Waals surface area contributed by atoms with Gasteiger partial charge < -0.3 is 9.84 Å². The number of hydrogen-bond acceptors (Lipinski definition) is 2. The largest absolute Gasteiger partial charge is 0.488 e. The molecule has 0 fully saturated rings. The summed E-state index contributed by atoms with van der Waals surface area (Å²) in [6, 6.07) is 14.3. The van der Waals surface area contributed by atoms with Crippen LogP contribution in [0.4, 0.5) is 0 Å². The summed E-state index contributed by atoms with van der Waals surface area (Å²) in [5, 5.41) is 12.4. The summed E-state index contributed by atoms with van der Waals surface area (Å²) >= 11 is 0. The molecule has 0 aliphatic rings. The van der Waals surface area contributed by atoms with Crippen LogP contribution in [0, 0.1) is 0 Å². The average molecular weight is 258 g/mol. The molecule has 2 aromatic carbocycles. The number of ether oxygens (including phenoxy) is 1. The molecule has 2 unspecified atom stereocenters. The molecular formula is C17H22O2. The molecule has 0 bridgehead atoms. The first-order valence-corrected chi connectivity index (χ1v) is 7.08. The van der Waals surface area contributed by atoms with E-state index in [1.54, 1.807) is 0 Å². The molecule has 2 nitrogen and oxygen atoms in total. The Labute approximate surface area is 115 Å². The Morgan fingerprint density at radius 3 is 2.47 bits per heavy atom. The maximum atomic E-state index is 10.1. The SMILES string of the molecule is CCCC(O)C(CC)Oc1ccc2ccccc2c1. The van der Waals surface area contributed by atoms with Crippen molar-refractivity contribution in [2.75, 3.05) is 0 Å². The van der Waals surface area contributed by atoms with Gasteiger partial charge in [-0.1, -0.05) is 50.6 Å². The van der Waals surface area contributed by atoms with Crippen molar-refractivity contribution >= 4 is 10.8 Å². The second kappa shape index (κ2) is 6.58. The van der Waals surface area contributed by atoms with E-state index in [0.29, 0.717) is 0 Å². The standard InChI is InChI=1S/C17H22O2/c1-3-7-16(18)17(4-2)19-15-11-10-13-8-5-6-9-14(13)12-15/h5-6,8-12,16-18H,3-4,7H2,1-2H3. The Balaban J connectivity index is 2.15. The second-order valence-electron chi connectivity index (χ2n) is 4.93. The lowest BCUT2D eigenvalue weighted by Gasteiger charge is -2.23. The maximum Gasteiger partial charge on any atom is 0.124 e. The molecule has 0 aliphatic heterocycles. The minimum atomic E-state index is -0.388. The van der Waals surface area contributed by atoms with Crippen LogP contribution in [0.5, 0.6) is 5.75 Å². The molecule has 0 aliphatic carbocycles. The van der Waals surface area contributed by atoms with Crippen LogP contribution in [0.3, 0.4) is 0 Å². The van der Waals surface area contributed by atoms with E-state index in [-0.39, 0.29) is 12.2 Å². The monoisotopic (exact) mass is 258 g/mol. The van der Waals surface area contributed by atoms with Crippen molar-refractivity contribution in [1.29, 1.82) is 0 Å². The number of fused-ring (bicyclic) bond motifs is 1. The molecule has 102 valence electrons. The van der Waals surface area contributed by atoms with Gasteiger partial charge in [0.15, 0.2) is 0 Å². The molecule has 2 rings (SSSR count). The van der Waals surface area contributed by atoms with Crippen molar-refractivity contribution in [3.8, 4) is 5.75 Å². The molecule has 2 aromatic rings. The van der Waals surface area contributed by atoms with E-state index in [4.69, 9.17) is 4.74 Å². The highest BCUT2D eigenvalue weighted by Crippen LogP contribution is 2.23. The molecule has 0 saturated heterocycles. The Kier molecular flexibility index (Phi) is 4.80. The van der Waals surface area contributed by atoms with Crippen LogP contribution in [0.25, 0.3) is 10.8 Å². The molecule has 19 heavy (non-hydrogen) atoms. The molecule has 0 radical (unpaired) electrons. The molecule has 0 aromatic heterocycles. The quantitative estimate of drug-likeness (QED) is 0.843. The molecule has 0 amide bonds. The van der Waals surface area contributed by atoms with E-state index in [1.165, 1.54) is 10.8 Å². The normalized spacial score (nSPS) is 14.3. The third kappa shape index (κ3) is 3.48. The Morgan fingerprint density at radius 2 is 1.79 bits per heavy atom. The lowest BCUT2D eigenvalue weighted by Crippen LogP contribution is -2.30. The van der Waals surface area contributed by atoms with Gasteiger partial charge in [-0.15, -0.1) is 0 Å². The zero-order valence-electron chi connectivity index (χ0n) is 11.7. The summed E-state index contributed by atoms with van der Waals surface area (Å²) in [5.41, 5.74) is 0. The van der Waals surface area contributed by atoms with E-state index < -0.39 is 0 Å². The molecule has 2 atom stereocenters. The van der Waals surface area contributed by atoms with Crippen LogP contribution in [-0.4, -0.2) is 17.3 Å². The minimum absolute atomic E-state index is 0.124. The van der Waals surface area contributed by atoms with Gasteiger partial charge in [-0.05, 0) is 35.7 Å². The number of aliphatic hydroxyl groups excluding tert-OH is 1. The van der Waals surface area contributed by atoms with E-state index in [0.717, 1.165) is 25.0 Å². The van der Waals surface area contributed by atoms with Gasteiger partial charge >= 0.3 is 0 Å². The summed E-state index contributed by atoms with van der Waals surface area (Å²) in [6.45, 7) is 4.12. The van der Waals surface area contributed by atoms with Crippen LogP contribution >= 0.6 is 0 Å². The summed E-state index contributed by atoms with van der Waals surface area (Å²) in [7, 11) is 0. The van der Waals surface area contributed by atoms with E-state index in [2.05, 4.69) is 25.1 Å². The fraction of sp³-hybridized carbons (Fsp3) is 0.412. The maximum absolute atomic E-state index is 10.1. The van der Waals surface area contributed by atoms with Gasteiger partial charge in [0.2, 0.25) is 0 Å². The van der Waals surface area contributed by atoms with Crippen LogP contribution in [0.1, 0.15) is 33.1 Å². The Morgan fingerprint density at radius 1 is 1.05 bits per heavy atom. The highest BCUT2D eigenvalue weighted by Gasteiger charge is 2.18. The predicted octanol–water partition coefficient (Wildman–Crippen LogP) is 4.16. The fourth-order valence-electron chi connectivity index (χ4n) is 2.33. The van der Waals surface area contributed by atoms with Crippen molar-refractivity contribution in [3.63, 3.8) is 0 Å². The topological polar surface area (TPSA) is 29.5 Å². The molecule has 0 spiro atoms. The fourth-order valence-corrected chi connectivity index (χ4v) is 2.33. The Hall–Kier alpha value is -1.54. The van der Waals surface area contributed by atoms with Gasteiger partial charge in [-0.3, -0.25) is 0 Å². The lowest BCUT2D eigenvalue weighted by molar-refractivity contribution is 0.0285. The smallest absolute Gasteiger partial charge is 0.124 e. The van der Waals surface area contributed by atoms with E-state index in [1.807, 2.05) is 31.2 Å². The van der Waals surface area contributed by atoms with Crippen molar-refractivity contribution in [2.24, 2.45) is 0 Å². The van der Waals surface area contributed by atoms with Gasteiger partial charge in [0.1, 0.15) is 11.9 Å². The first kappa shape index (κ1) is 13.9. The molecular weight excluding hydrogens is 236 g/mol. The third-order valence-corrected chi connectivity index (χ3v) is 3.42. The number of hydrogen-bond donors (Lipinski definition) is 1. The second-order valence-corrected chi connectivity index (χ2v) is 4.93. The van der Waals surface area contributed by atoms with Crippen molar-refractivity contribution in [2.45, 2.75) is 45.3 Å². The zero-order chi connectivity index (χ0) is 13.7. The van der Waals surface area contributed by atoms with Gasteiger partial charge in [-0.2, -0.15) is 0 Å². The summed E-state index contributed by atoms with van der Waals surface area (Å²) in [6.07, 6.45) is 2.06. The summed E-state index contributed by atoms with van der Waals surface area (Å²) < 4.78 is 5.94. The van der Waals surface area contributed by atoms with Gasteiger partial charge in [-0.25, -0.2) is 0 Å². The number of benzene rings is 2. The van der Waals surface area contributed by atoms with Crippen molar-refractivity contribution in [1.82, 2.24) is 0 Å². The van der Waals surface area contributed by atoms with Crippen LogP contribution in [0.15, 0.2) is 42.5 Å². The van der Waals surface area contributed by atoms with Crippen LogP contribution < -0.4 is 4.74 Å². The highest BCUT2D eigenvalue weighted by molar-refractivity contribution is 5.83. The number of aliphatic hydroxyl groups is 1. The Bertz CT molecular complexity index is 521. The van der Waals surface area contributed by atoms with E-state index in [9.17, 15) is 5.11 Å². The molecule has 0 saturated carbocycles. The zero-order valence-corrected chi connectivity index (χ0v) is 11.7. The lowest BCUT2D eigenvalue weighted by atomic mass is 10.1. The van der Waals surface area contributed by atoms with E-state index >= 15 is 0 Å². The molecule has 2 heteroatoms. The number of rotatable bonds is 6.